The first-order valence-electron chi connectivity index (χ1n) is 5.45. The van der Waals surface area contributed by atoms with Crippen molar-refractivity contribution in [2.24, 2.45) is 7.05 Å². The van der Waals surface area contributed by atoms with Gasteiger partial charge in [0.25, 0.3) is 0 Å². The Kier molecular flexibility index (Phi) is 3.26. The molecule has 0 bridgehead atoms. The molecule has 2 heterocycles. The minimum atomic E-state index is 0.682. The van der Waals surface area contributed by atoms with Gasteiger partial charge in [0.05, 0.1) is 6.20 Å². The van der Waals surface area contributed by atoms with E-state index in [-0.39, 0.29) is 0 Å². The minimum Gasteiger partial charge on any atom is -0.342 e. The van der Waals surface area contributed by atoms with Crippen LogP contribution in [0.3, 0.4) is 0 Å². The van der Waals surface area contributed by atoms with Crippen molar-refractivity contribution in [3.8, 4) is 6.07 Å². The number of hydrogen-bond donors (Lipinski definition) is 2. The second-order valence-electron chi connectivity index (χ2n) is 4.08. The summed E-state index contributed by atoms with van der Waals surface area (Å²) in [7, 11) is 1.88. The fourth-order valence-corrected chi connectivity index (χ4v) is 1.74. The molecule has 0 aliphatic heterocycles. The van der Waals surface area contributed by atoms with Crippen molar-refractivity contribution < 1.29 is 0 Å². The van der Waals surface area contributed by atoms with E-state index in [4.69, 9.17) is 5.26 Å². The van der Waals surface area contributed by atoms with Crippen LogP contribution in [-0.4, -0.2) is 14.8 Å². The number of aromatic amines is 1. The van der Waals surface area contributed by atoms with Crippen LogP contribution in [0.25, 0.3) is 0 Å². The first-order valence-corrected chi connectivity index (χ1v) is 5.45. The predicted molar refractivity (Wildman–Crippen MR) is 64.0 cm³/mol. The highest BCUT2D eigenvalue weighted by molar-refractivity contribution is 5.28. The van der Waals surface area contributed by atoms with Gasteiger partial charge in [-0.3, -0.25) is 5.10 Å². The normalized spacial score (nSPS) is 10.4. The van der Waals surface area contributed by atoms with Crippen molar-refractivity contribution >= 4 is 0 Å². The van der Waals surface area contributed by atoms with E-state index < -0.39 is 0 Å². The minimum absolute atomic E-state index is 0.682. The van der Waals surface area contributed by atoms with Gasteiger partial charge in [0.1, 0.15) is 11.8 Å². The molecule has 2 aromatic rings. The fourth-order valence-electron chi connectivity index (χ4n) is 1.74. The van der Waals surface area contributed by atoms with E-state index in [9.17, 15) is 0 Å². The number of H-pyrrole nitrogens is 1. The average Bonchev–Trinajstić information content (AvgIpc) is 2.86. The van der Waals surface area contributed by atoms with Crippen LogP contribution in [0.2, 0.25) is 0 Å². The SMILES string of the molecule is Cc1[nH]ncc1CNCc1cc(C#N)n(C)c1. The molecule has 0 aliphatic rings. The van der Waals surface area contributed by atoms with Crippen molar-refractivity contribution in [2.75, 3.05) is 0 Å². The van der Waals surface area contributed by atoms with Crippen molar-refractivity contribution in [3.05, 3.63) is 41.0 Å². The van der Waals surface area contributed by atoms with Gasteiger partial charge in [-0.05, 0) is 18.6 Å². The number of nitriles is 1. The molecule has 5 nitrogen and oxygen atoms in total. The second kappa shape index (κ2) is 4.85. The summed E-state index contributed by atoms with van der Waals surface area (Å²) in [4.78, 5) is 0. The summed E-state index contributed by atoms with van der Waals surface area (Å²) in [6.45, 7) is 3.53. The van der Waals surface area contributed by atoms with Crippen molar-refractivity contribution in [1.82, 2.24) is 20.1 Å². The zero-order chi connectivity index (χ0) is 12.3. The number of nitrogens with one attached hydrogen (secondary N) is 2. The monoisotopic (exact) mass is 229 g/mol. The molecular formula is C12H15N5. The van der Waals surface area contributed by atoms with Gasteiger partial charge in [0, 0.05) is 37.6 Å². The molecule has 0 saturated carbocycles. The maximum atomic E-state index is 8.84. The molecule has 0 saturated heterocycles. The lowest BCUT2D eigenvalue weighted by Crippen LogP contribution is -2.12. The molecule has 0 radical (unpaired) electrons. The molecule has 0 unspecified atom stereocenters. The van der Waals surface area contributed by atoms with Gasteiger partial charge in [0.2, 0.25) is 0 Å². The molecule has 0 atom stereocenters. The predicted octanol–water partition coefficient (Wildman–Crippen LogP) is 1.22. The maximum Gasteiger partial charge on any atom is 0.120 e. The molecule has 5 heteroatoms. The third kappa shape index (κ3) is 2.55. The summed E-state index contributed by atoms with van der Waals surface area (Å²) in [6, 6.07) is 4.05. The van der Waals surface area contributed by atoms with Crippen LogP contribution in [0.15, 0.2) is 18.5 Å². The molecule has 17 heavy (non-hydrogen) atoms. The Morgan fingerprint density at radius 3 is 2.94 bits per heavy atom. The van der Waals surface area contributed by atoms with E-state index in [1.165, 1.54) is 5.56 Å². The number of nitrogens with zero attached hydrogens (tertiary/aromatic N) is 3. The molecule has 88 valence electrons. The van der Waals surface area contributed by atoms with Gasteiger partial charge >= 0.3 is 0 Å². The molecule has 2 rings (SSSR count). The van der Waals surface area contributed by atoms with E-state index in [1.54, 1.807) is 0 Å². The van der Waals surface area contributed by atoms with E-state index in [1.807, 2.05) is 37.0 Å². The van der Waals surface area contributed by atoms with Crippen LogP contribution >= 0.6 is 0 Å². The smallest absolute Gasteiger partial charge is 0.120 e. The molecule has 2 aromatic heterocycles. The van der Waals surface area contributed by atoms with Gasteiger partial charge in [-0.1, -0.05) is 0 Å². The van der Waals surface area contributed by atoms with Crippen LogP contribution in [0.4, 0.5) is 0 Å². The van der Waals surface area contributed by atoms with Gasteiger partial charge < -0.3 is 9.88 Å². The summed E-state index contributed by atoms with van der Waals surface area (Å²) >= 11 is 0. The molecule has 2 N–H and O–H groups in total. The molecule has 0 aromatic carbocycles. The largest absolute Gasteiger partial charge is 0.342 e. The number of aromatic nitrogens is 3. The molecule has 0 aliphatic carbocycles. The second-order valence-corrected chi connectivity index (χ2v) is 4.08. The maximum absolute atomic E-state index is 8.84. The number of rotatable bonds is 4. The Morgan fingerprint density at radius 1 is 1.53 bits per heavy atom. The molecule has 0 fully saturated rings. The zero-order valence-electron chi connectivity index (χ0n) is 9.99. The Bertz CT molecular complexity index is 543. The van der Waals surface area contributed by atoms with Crippen LogP contribution < -0.4 is 5.32 Å². The number of hydrogen-bond acceptors (Lipinski definition) is 3. The highest BCUT2D eigenvalue weighted by atomic mass is 15.1. The highest BCUT2D eigenvalue weighted by Gasteiger charge is 2.03. The van der Waals surface area contributed by atoms with Gasteiger partial charge in [-0.2, -0.15) is 10.4 Å². The molecular weight excluding hydrogens is 214 g/mol. The summed E-state index contributed by atoms with van der Waals surface area (Å²) in [5, 5.41) is 19.0. The quantitative estimate of drug-likeness (QED) is 0.828. The summed E-state index contributed by atoms with van der Waals surface area (Å²) in [6.07, 6.45) is 3.79. The third-order valence-corrected chi connectivity index (χ3v) is 2.76. The van der Waals surface area contributed by atoms with E-state index in [2.05, 4.69) is 21.6 Å². The van der Waals surface area contributed by atoms with E-state index in [0.29, 0.717) is 5.69 Å². The Hall–Kier alpha value is -2.06. The van der Waals surface area contributed by atoms with Crippen LogP contribution in [0.1, 0.15) is 22.5 Å². The Balaban J connectivity index is 1.90. The fraction of sp³-hybridized carbons (Fsp3) is 0.333. The van der Waals surface area contributed by atoms with Crippen molar-refractivity contribution in [3.63, 3.8) is 0 Å². The van der Waals surface area contributed by atoms with Crippen LogP contribution in [0, 0.1) is 18.3 Å². The molecule has 0 amide bonds. The van der Waals surface area contributed by atoms with Gasteiger partial charge in [-0.25, -0.2) is 0 Å². The van der Waals surface area contributed by atoms with Gasteiger partial charge in [-0.15, -0.1) is 0 Å². The Morgan fingerprint density at radius 2 is 2.35 bits per heavy atom. The average molecular weight is 229 g/mol. The highest BCUT2D eigenvalue weighted by Crippen LogP contribution is 2.07. The standard InChI is InChI=1S/C12H15N5/c1-9-11(7-15-16-9)6-14-5-10-3-12(4-13)17(2)8-10/h3,7-8,14H,5-6H2,1-2H3,(H,15,16). The first kappa shape index (κ1) is 11.4. The lowest BCUT2D eigenvalue weighted by Gasteiger charge is -2.01. The lowest BCUT2D eigenvalue weighted by molar-refractivity contribution is 0.689. The van der Waals surface area contributed by atoms with Crippen molar-refractivity contribution in [2.45, 2.75) is 20.0 Å². The topological polar surface area (TPSA) is 69.4 Å². The Labute approximate surface area is 100 Å². The lowest BCUT2D eigenvalue weighted by atomic mass is 10.2. The summed E-state index contributed by atoms with van der Waals surface area (Å²) in [5.74, 6) is 0. The van der Waals surface area contributed by atoms with Crippen molar-refractivity contribution in [1.29, 1.82) is 5.26 Å². The van der Waals surface area contributed by atoms with E-state index in [0.717, 1.165) is 24.3 Å². The summed E-state index contributed by atoms with van der Waals surface area (Å²) in [5.41, 5.74) is 4.05. The molecule has 0 spiro atoms. The van der Waals surface area contributed by atoms with Gasteiger partial charge in [0.15, 0.2) is 0 Å². The third-order valence-electron chi connectivity index (χ3n) is 2.76. The first-order chi connectivity index (χ1) is 8.20. The van der Waals surface area contributed by atoms with E-state index >= 15 is 0 Å². The number of aryl methyl sites for hydroxylation is 2. The zero-order valence-corrected chi connectivity index (χ0v) is 9.99. The summed E-state index contributed by atoms with van der Waals surface area (Å²) < 4.78 is 1.83. The van der Waals surface area contributed by atoms with Crippen LogP contribution in [0.5, 0.6) is 0 Å². The van der Waals surface area contributed by atoms with Crippen LogP contribution in [-0.2, 0) is 20.1 Å².